The molecule has 0 rings (SSSR count). The Labute approximate surface area is 69.5 Å². The number of rotatable bonds is 4. The van der Waals surface area contributed by atoms with Gasteiger partial charge in [-0.15, -0.1) is 0 Å². The maximum atomic E-state index is 9.01. The molecule has 0 saturated heterocycles. The lowest BCUT2D eigenvalue weighted by atomic mass is 10.0. The third kappa shape index (κ3) is 3.54. The van der Waals surface area contributed by atoms with E-state index in [9.17, 15) is 0 Å². The molecule has 2 heteroatoms. The first kappa shape index (κ1) is 10.7. The maximum absolute atomic E-state index is 9.01. The molecule has 0 aromatic heterocycles. The van der Waals surface area contributed by atoms with E-state index in [1.54, 1.807) is 0 Å². The minimum Gasteiger partial charge on any atom is -0.394 e. The second-order valence-corrected chi connectivity index (χ2v) is 3.78. The van der Waals surface area contributed by atoms with Gasteiger partial charge in [-0.1, -0.05) is 12.2 Å². The van der Waals surface area contributed by atoms with E-state index in [0.29, 0.717) is 0 Å². The van der Waals surface area contributed by atoms with Crippen molar-refractivity contribution in [3.05, 3.63) is 12.2 Å². The van der Waals surface area contributed by atoms with E-state index >= 15 is 0 Å². The normalized spacial score (nSPS) is 12.2. The Balaban J connectivity index is 4.01. The van der Waals surface area contributed by atoms with Gasteiger partial charge in [0, 0.05) is 12.1 Å². The summed E-state index contributed by atoms with van der Waals surface area (Å²) in [4.78, 5) is 2.09. The average molecular weight is 157 g/mol. The summed E-state index contributed by atoms with van der Waals surface area (Å²) in [6.07, 6.45) is 0. The van der Waals surface area contributed by atoms with Crippen molar-refractivity contribution in [2.24, 2.45) is 0 Å². The van der Waals surface area contributed by atoms with Gasteiger partial charge in [0.2, 0.25) is 0 Å². The van der Waals surface area contributed by atoms with E-state index < -0.39 is 0 Å². The molecular weight excluding hydrogens is 138 g/mol. The summed E-state index contributed by atoms with van der Waals surface area (Å²) in [6, 6.07) is 0. The van der Waals surface area contributed by atoms with E-state index in [-0.39, 0.29) is 12.1 Å². The van der Waals surface area contributed by atoms with Crippen LogP contribution in [0.15, 0.2) is 12.2 Å². The lowest BCUT2D eigenvalue weighted by Crippen LogP contribution is -2.44. The molecule has 0 unspecified atom stereocenters. The number of likely N-dealkylation sites (N-methyl/N-ethyl adjacent to an activating group) is 1. The molecule has 0 heterocycles. The van der Waals surface area contributed by atoms with Crippen LogP contribution in [0.5, 0.6) is 0 Å². The van der Waals surface area contributed by atoms with Crippen LogP contribution in [-0.2, 0) is 0 Å². The average Bonchev–Trinajstić information content (AvgIpc) is 1.86. The van der Waals surface area contributed by atoms with E-state index in [0.717, 1.165) is 12.1 Å². The Hall–Kier alpha value is -0.340. The van der Waals surface area contributed by atoms with Gasteiger partial charge in [0.25, 0.3) is 0 Å². The van der Waals surface area contributed by atoms with Crippen LogP contribution >= 0.6 is 0 Å². The fourth-order valence-electron chi connectivity index (χ4n) is 0.740. The van der Waals surface area contributed by atoms with Crippen LogP contribution in [0.3, 0.4) is 0 Å². The molecule has 0 atom stereocenters. The number of hydrogen-bond acceptors (Lipinski definition) is 2. The monoisotopic (exact) mass is 157 g/mol. The Morgan fingerprint density at radius 2 is 2.00 bits per heavy atom. The third-order valence-corrected chi connectivity index (χ3v) is 1.93. The van der Waals surface area contributed by atoms with Crippen LogP contribution in [0.1, 0.15) is 20.8 Å². The van der Waals surface area contributed by atoms with Gasteiger partial charge in [-0.05, 0) is 27.8 Å². The maximum Gasteiger partial charge on any atom is 0.0610 e. The van der Waals surface area contributed by atoms with Crippen molar-refractivity contribution in [3.63, 3.8) is 0 Å². The smallest absolute Gasteiger partial charge is 0.0610 e. The van der Waals surface area contributed by atoms with E-state index in [1.165, 1.54) is 0 Å². The predicted octanol–water partition coefficient (Wildman–Crippen LogP) is 1.27. The minimum atomic E-state index is -0.140. The summed E-state index contributed by atoms with van der Waals surface area (Å²) in [5.41, 5.74) is 0.980. The highest BCUT2D eigenvalue weighted by atomic mass is 16.3. The molecule has 0 fully saturated rings. The summed E-state index contributed by atoms with van der Waals surface area (Å²) in [5, 5.41) is 9.01. The molecule has 0 aromatic carbocycles. The highest BCUT2D eigenvalue weighted by molar-refractivity contribution is 4.94. The lowest BCUT2D eigenvalue weighted by molar-refractivity contribution is 0.0867. The Morgan fingerprint density at radius 3 is 2.27 bits per heavy atom. The number of hydrogen-bond donors (Lipinski definition) is 1. The quantitative estimate of drug-likeness (QED) is 0.621. The first-order valence-corrected chi connectivity index (χ1v) is 3.86. The first-order valence-electron chi connectivity index (χ1n) is 3.86. The van der Waals surface area contributed by atoms with E-state index in [1.807, 2.05) is 27.8 Å². The predicted molar refractivity (Wildman–Crippen MR) is 48.6 cm³/mol. The summed E-state index contributed by atoms with van der Waals surface area (Å²) in [7, 11) is 1.99. The Bertz CT molecular complexity index is 140. The number of aliphatic hydroxyl groups is 1. The molecule has 2 nitrogen and oxygen atoms in total. The molecular formula is C9H19NO. The molecule has 0 radical (unpaired) electrons. The van der Waals surface area contributed by atoms with Crippen LogP contribution in [0, 0.1) is 0 Å². The molecule has 0 aliphatic carbocycles. The van der Waals surface area contributed by atoms with Gasteiger partial charge in [-0.2, -0.15) is 0 Å². The zero-order valence-electron chi connectivity index (χ0n) is 8.02. The highest BCUT2D eigenvalue weighted by Crippen LogP contribution is 2.11. The molecule has 0 aromatic rings. The van der Waals surface area contributed by atoms with Gasteiger partial charge < -0.3 is 5.11 Å². The van der Waals surface area contributed by atoms with Crippen LogP contribution < -0.4 is 0 Å². The molecule has 0 spiro atoms. The van der Waals surface area contributed by atoms with Gasteiger partial charge in [-0.25, -0.2) is 0 Å². The summed E-state index contributed by atoms with van der Waals surface area (Å²) in [5.74, 6) is 0. The van der Waals surface area contributed by atoms with Gasteiger partial charge in [0.1, 0.15) is 0 Å². The number of aliphatic hydroxyl groups excluding tert-OH is 1. The van der Waals surface area contributed by atoms with Gasteiger partial charge in [0.05, 0.1) is 6.61 Å². The van der Waals surface area contributed by atoms with Crippen molar-refractivity contribution in [1.82, 2.24) is 4.90 Å². The molecule has 0 saturated carbocycles. The molecule has 0 aliphatic rings. The molecule has 66 valence electrons. The second-order valence-electron chi connectivity index (χ2n) is 3.78. The summed E-state index contributed by atoms with van der Waals surface area (Å²) in [6.45, 7) is 10.8. The van der Waals surface area contributed by atoms with E-state index in [4.69, 9.17) is 5.11 Å². The SMILES string of the molecule is C=C(C)CN(C)C(C)(C)CO. The second kappa shape index (κ2) is 3.88. The van der Waals surface area contributed by atoms with Crippen LogP contribution in [0.2, 0.25) is 0 Å². The molecule has 0 bridgehead atoms. The van der Waals surface area contributed by atoms with Crippen molar-refractivity contribution in [2.45, 2.75) is 26.3 Å². The molecule has 11 heavy (non-hydrogen) atoms. The van der Waals surface area contributed by atoms with Gasteiger partial charge in [-0.3, -0.25) is 4.90 Å². The van der Waals surface area contributed by atoms with Crippen molar-refractivity contribution < 1.29 is 5.11 Å². The largest absolute Gasteiger partial charge is 0.394 e. The fourth-order valence-corrected chi connectivity index (χ4v) is 0.740. The van der Waals surface area contributed by atoms with E-state index in [2.05, 4.69) is 11.5 Å². The first-order chi connectivity index (χ1) is 4.90. The number of nitrogens with zero attached hydrogens (tertiary/aromatic N) is 1. The van der Waals surface area contributed by atoms with Crippen LogP contribution in [-0.4, -0.2) is 35.7 Å². The van der Waals surface area contributed by atoms with Gasteiger partial charge >= 0.3 is 0 Å². The van der Waals surface area contributed by atoms with Crippen molar-refractivity contribution in [3.8, 4) is 0 Å². The fraction of sp³-hybridized carbons (Fsp3) is 0.778. The Morgan fingerprint density at radius 1 is 1.55 bits per heavy atom. The third-order valence-electron chi connectivity index (χ3n) is 1.93. The molecule has 0 amide bonds. The van der Waals surface area contributed by atoms with Crippen molar-refractivity contribution in [1.29, 1.82) is 0 Å². The zero-order valence-corrected chi connectivity index (χ0v) is 8.02. The van der Waals surface area contributed by atoms with Crippen LogP contribution in [0.25, 0.3) is 0 Å². The van der Waals surface area contributed by atoms with Crippen molar-refractivity contribution in [2.75, 3.05) is 20.2 Å². The molecule has 0 aliphatic heterocycles. The van der Waals surface area contributed by atoms with Crippen LogP contribution in [0.4, 0.5) is 0 Å². The standard InChI is InChI=1S/C9H19NO/c1-8(2)6-10(5)9(3,4)7-11/h11H,1,6-7H2,2-5H3. The van der Waals surface area contributed by atoms with Gasteiger partial charge in [0.15, 0.2) is 0 Å². The summed E-state index contributed by atoms with van der Waals surface area (Å²) >= 11 is 0. The molecule has 1 N–H and O–H groups in total. The zero-order chi connectivity index (χ0) is 9.07. The van der Waals surface area contributed by atoms with Crippen molar-refractivity contribution >= 4 is 0 Å². The summed E-state index contributed by atoms with van der Waals surface area (Å²) < 4.78 is 0. The lowest BCUT2D eigenvalue weighted by Gasteiger charge is -2.33. The Kier molecular flexibility index (Phi) is 3.76. The highest BCUT2D eigenvalue weighted by Gasteiger charge is 2.21. The minimum absolute atomic E-state index is 0.140. The topological polar surface area (TPSA) is 23.5 Å².